The molecule has 0 saturated carbocycles. The Morgan fingerprint density at radius 3 is 2.69 bits per heavy atom. The Labute approximate surface area is 245 Å². The quantitative estimate of drug-likeness (QED) is 0.162. The van der Waals surface area contributed by atoms with Crippen LogP contribution in [0.4, 0.5) is 10.3 Å². The fourth-order valence-electron chi connectivity index (χ4n) is 4.43. The Kier molecular flexibility index (Phi) is 9.62. The lowest BCUT2D eigenvalue weighted by atomic mass is 9.97. The van der Waals surface area contributed by atoms with Crippen molar-refractivity contribution < 1.29 is 37.0 Å². The van der Waals surface area contributed by atoms with Crippen molar-refractivity contribution in [3.63, 3.8) is 0 Å². The average molecular weight is 626 g/mol. The second-order valence-electron chi connectivity index (χ2n) is 9.62. The minimum Gasteiger partial charge on any atom is -0.462 e. The number of aromatic nitrogens is 3. The summed E-state index contributed by atoms with van der Waals surface area (Å²) < 4.78 is 59.8. The van der Waals surface area contributed by atoms with Crippen LogP contribution in [-0.2, 0) is 28.1 Å². The van der Waals surface area contributed by atoms with Crippen LogP contribution in [0.3, 0.4) is 0 Å². The van der Waals surface area contributed by atoms with Crippen molar-refractivity contribution in [3.05, 3.63) is 52.9 Å². The molecule has 1 aliphatic rings. The van der Waals surface area contributed by atoms with E-state index in [2.05, 4.69) is 21.0 Å². The molecule has 2 aromatic heterocycles. The van der Waals surface area contributed by atoms with Crippen LogP contribution in [0.2, 0.25) is 0 Å². The predicted octanol–water partition coefficient (Wildman–Crippen LogP) is 3.26. The fourth-order valence-corrected chi connectivity index (χ4v) is 6.07. The van der Waals surface area contributed by atoms with E-state index in [1.165, 1.54) is 43.0 Å². The summed E-state index contributed by atoms with van der Waals surface area (Å²) in [7, 11) is -3.10. The van der Waals surface area contributed by atoms with E-state index in [0.717, 1.165) is 0 Å². The molecule has 4 rings (SSSR count). The standard InChI is InChI=1S/C26H30ClFN5O8P/c1-15(2)39-23(35)16(3)32-42(36,41-17-8-6-5-7-9-17)38-14-19-20(37-4)26(28,11-12-27)24(40-19)33-13-10-18-21(33)30-25(29)31-22(18)34/h5-10,13,15-16,19-20,24H,14H2,1-4H3,(H,32,36)(H3,29,30,31,34)/t16-,19+,20-,24+,26?,42?/m0/s1. The Bertz CT molecular complexity index is 1590. The zero-order chi connectivity index (χ0) is 30.7. The van der Waals surface area contributed by atoms with Crippen LogP contribution in [0.5, 0.6) is 5.75 Å². The van der Waals surface area contributed by atoms with E-state index in [1.807, 2.05) is 5.38 Å². The van der Waals surface area contributed by atoms with Gasteiger partial charge in [-0.2, -0.15) is 10.1 Å². The number of esters is 1. The maximum atomic E-state index is 16.7. The summed E-state index contributed by atoms with van der Waals surface area (Å²) in [5.41, 5.74) is 2.60. The van der Waals surface area contributed by atoms with E-state index < -0.39 is 62.1 Å². The molecule has 42 heavy (non-hydrogen) atoms. The molecule has 1 aliphatic heterocycles. The van der Waals surface area contributed by atoms with Gasteiger partial charge in [0.25, 0.3) is 5.56 Å². The van der Waals surface area contributed by atoms with E-state index in [4.69, 9.17) is 40.6 Å². The van der Waals surface area contributed by atoms with Gasteiger partial charge in [0, 0.05) is 18.7 Å². The highest BCUT2D eigenvalue weighted by Crippen LogP contribution is 2.48. The number of carbonyl (C=O) groups is 1. The van der Waals surface area contributed by atoms with Gasteiger partial charge in [-0.3, -0.25) is 19.1 Å². The molecule has 3 aromatic rings. The van der Waals surface area contributed by atoms with Crippen LogP contribution in [0.15, 0.2) is 47.4 Å². The van der Waals surface area contributed by atoms with Crippen molar-refractivity contribution >= 4 is 42.3 Å². The first-order valence-corrected chi connectivity index (χ1v) is 14.7. The van der Waals surface area contributed by atoms with Gasteiger partial charge in [-0.25, -0.2) is 8.96 Å². The van der Waals surface area contributed by atoms with Crippen molar-refractivity contribution in [1.82, 2.24) is 19.6 Å². The van der Waals surface area contributed by atoms with Crippen LogP contribution in [0.25, 0.3) is 11.0 Å². The minimum absolute atomic E-state index is 0.0216. The third kappa shape index (κ3) is 6.62. The van der Waals surface area contributed by atoms with E-state index in [1.54, 1.807) is 32.0 Å². The number of hydrogen-bond acceptors (Lipinski definition) is 10. The van der Waals surface area contributed by atoms with Crippen molar-refractivity contribution in [2.24, 2.45) is 0 Å². The SMILES string of the molecule is CO[C@H]1[C@@H](COP(=O)(N[C@@H](C)C(=O)OC(C)C)Oc2ccccc2)O[C@@H](n2ccc3c(=O)[nH]c(N)nc32)C1(F)C#CCl. The number of nitrogens with zero attached hydrogens (tertiary/aromatic N) is 2. The molecule has 1 fully saturated rings. The zero-order valence-electron chi connectivity index (χ0n) is 23.1. The van der Waals surface area contributed by atoms with Crippen molar-refractivity contribution in [3.8, 4) is 17.0 Å². The number of halogens is 2. The molecule has 1 aromatic carbocycles. The summed E-state index contributed by atoms with van der Waals surface area (Å²) in [5.74, 6) is 1.57. The largest absolute Gasteiger partial charge is 0.462 e. The number of hydrogen-bond donors (Lipinski definition) is 3. The highest BCUT2D eigenvalue weighted by Gasteiger charge is 2.59. The summed E-state index contributed by atoms with van der Waals surface area (Å²) in [6, 6.07) is 8.40. The van der Waals surface area contributed by atoms with Gasteiger partial charge in [0.2, 0.25) is 11.6 Å². The summed E-state index contributed by atoms with van der Waals surface area (Å²) in [5, 5.41) is 4.71. The molecule has 0 radical (unpaired) electrons. The van der Waals surface area contributed by atoms with Gasteiger partial charge in [-0.1, -0.05) is 18.2 Å². The number of nitrogen functional groups attached to an aromatic ring is 1. The fraction of sp³-hybridized carbons (Fsp3) is 0.423. The number of nitrogens with two attached hydrogens (primary N) is 1. The molecule has 0 amide bonds. The summed E-state index contributed by atoms with van der Waals surface area (Å²) in [4.78, 5) is 31.3. The molecule has 2 unspecified atom stereocenters. The molecule has 6 atom stereocenters. The molecule has 0 bridgehead atoms. The number of carbonyl (C=O) groups excluding carboxylic acids is 1. The lowest BCUT2D eigenvalue weighted by Gasteiger charge is -2.27. The van der Waals surface area contributed by atoms with Crippen LogP contribution < -0.4 is 20.9 Å². The number of fused-ring (bicyclic) bond motifs is 1. The number of aromatic amines is 1. The second-order valence-corrected chi connectivity index (χ2v) is 11.5. The number of para-hydroxylation sites is 1. The molecule has 3 heterocycles. The van der Waals surface area contributed by atoms with Crippen molar-refractivity contribution in [2.75, 3.05) is 19.5 Å². The number of benzene rings is 1. The molecule has 0 aliphatic carbocycles. The highest BCUT2D eigenvalue weighted by molar-refractivity contribution is 7.52. The minimum atomic E-state index is -4.33. The summed E-state index contributed by atoms with van der Waals surface area (Å²) in [6.07, 6.45) is -3.26. The summed E-state index contributed by atoms with van der Waals surface area (Å²) in [6.45, 7) is 4.21. The molecule has 0 spiro atoms. The number of H-pyrrole nitrogens is 1. The molecule has 13 nitrogen and oxygen atoms in total. The van der Waals surface area contributed by atoms with Gasteiger partial charge in [0.05, 0.1) is 18.1 Å². The van der Waals surface area contributed by atoms with Crippen molar-refractivity contribution in [1.29, 1.82) is 0 Å². The maximum Gasteiger partial charge on any atom is 0.459 e. The number of anilines is 1. The van der Waals surface area contributed by atoms with Gasteiger partial charge in [-0.05, 0) is 56.5 Å². The molecule has 4 N–H and O–H groups in total. The smallest absolute Gasteiger partial charge is 0.459 e. The molecule has 1 saturated heterocycles. The normalized spacial score (nSPS) is 24.1. The van der Waals surface area contributed by atoms with E-state index in [9.17, 15) is 14.2 Å². The van der Waals surface area contributed by atoms with Crippen molar-refractivity contribution in [2.45, 2.75) is 57.0 Å². The summed E-state index contributed by atoms with van der Waals surface area (Å²) >= 11 is 5.64. The van der Waals surface area contributed by atoms with E-state index in [0.29, 0.717) is 0 Å². The monoisotopic (exact) mass is 625 g/mol. The first-order chi connectivity index (χ1) is 19.9. The number of rotatable bonds is 11. The van der Waals surface area contributed by atoms with Gasteiger partial charge in [0.15, 0.2) is 11.9 Å². The highest BCUT2D eigenvalue weighted by atomic mass is 35.5. The Morgan fingerprint density at radius 2 is 2.05 bits per heavy atom. The molecule has 226 valence electrons. The van der Waals surface area contributed by atoms with E-state index in [-0.39, 0.29) is 22.7 Å². The Hall–Kier alpha value is -3.44. The number of nitrogens with one attached hydrogen (secondary N) is 2. The van der Waals surface area contributed by atoms with Gasteiger partial charge in [-0.15, -0.1) is 0 Å². The van der Waals surface area contributed by atoms with Crippen LogP contribution in [0, 0.1) is 11.3 Å². The first kappa shape index (κ1) is 31.5. The molecular weight excluding hydrogens is 596 g/mol. The average Bonchev–Trinajstić information content (AvgIpc) is 3.45. The first-order valence-electron chi connectivity index (χ1n) is 12.7. The van der Waals surface area contributed by atoms with Gasteiger partial charge < -0.3 is 29.0 Å². The zero-order valence-corrected chi connectivity index (χ0v) is 24.7. The van der Waals surface area contributed by atoms with E-state index >= 15 is 4.39 Å². The lowest BCUT2D eigenvalue weighted by Crippen LogP contribution is -2.44. The third-order valence-electron chi connectivity index (χ3n) is 6.19. The second kappa shape index (κ2) is 12.8. The van der Waals surface area contributed by atoms with Crippen LogP contribution >= 0.6 is 19.3 Å². The number of ether oxygens (including phenoxy) is 3. The maximum absolute atomic E-state index is 16.7. The topological polar surface area (TPSA) is 169 Å². The van der Waals surface area contributed by atoms with Gasteiger partial charge in [0.1, 0.15) is 24.0 Å². The predicted molar refractivity (Wildman–Crippen MR) is 151 cm³/mol. The number of methoxy groups -OCH3 is 1. The Balaban J connectivity index is 1.65. The lowest BCUT2D eigenvalue weighted by molar-refractivity contribution is -0.149. The van der Waals surface area contributed by atoms with Gasteiger partial charge >= 0.3 is 13.7 Å². The van der Waals surface area contributed by atoms with Crippen LogP contribution in [0.1, 0.15) is 27.0 Å². The molecule has 16 heteroatoms. The third-order valence-corrected chi connectivity index (χ3v) is 7.93. The van der Waals surface area contributed by atoms with Crippen LogP contribution in [-0.4, -0.2) is 64.2 Å². The number of alkyl halides is 1. The Morgan fingerprint density at radius 1 is 1.33 bits per heavy atom. The molecular formula is C26H30ClFN5O8P.